The number of hydrogen-bond donors (Lipinski definition) is 1. The van der Waals surface area contributed by atoms with Crippen LogP contribution in [0.5, 0.6) is 0 Å². The molecule has 3 aromatic rings. The van der Waals surface area contributed by atoms with E-state index >= 15 is 0 Å². The summed E-state index contributed by atoms with van der Waals surface area (Å²) in [6.07, 6.45) is 2.28. The van der Waals surface area contributed by atoms with Crippen molar-refractivity contribution < 1.29 is 19.1 Å². The number of aryl methyl sites for hydroxylation is 1. The van der Waals surface area contributed by atoms with Gasteiger partial charge in [-0.1, -0.05) is 42.5 Å². The first-order valence-corrected chi connectivity index (χ1v) is 10.6. The lowest BCUT2D eigenvalue weighted by atomic mass is 9.93. The quantitative estimate of drug-likeness (QED) is 0.572. The fourth-order valence-corrected chi connectivity index (χ4v) is 4.01. The molecule has 0 saturated carbocycles. The van der Waals surface area contributed by atoms with Gasteiger partial charge in [0.25, 0.3) is 5.91 Å². The summed E-state index contributed by atoms with van der Waals surface area (Å²) in [6, 6.07) is 20.2. The third-order valence-electron chi connectivity index (χ3n) is 5.72. The first kappa shape index (κ1) is 21.4. The molecule has 2 heterocycles. The number of Topliss-reactive ketones (excluding diaryl/α,β-unsaturated/α-hetero) is 1. The number of nitrogens with zero attached hydrogens (tertiary/aromatic N) is 2. The van der Waals surface area contributed by atoms with Gasteiger partial charge in [-0.3, -0.25) is 9.59 Å². The fraction of sp³-hybridized carbons (Fsp3) is 0.231. The van der Waals surface area contributed by atoms with Crippen LogP contribution >= 0.6 is 0 Å². The predicted octanol–water partition coefficient (Wildman–Crippen LogP) is 4.44. The second-order valence-corrected chi connectivity index (χ2v) is 8.07. The summed E-state index contributed by atoms with van der Waals surface area (Å²) >= 11 is 0. The van der Waals surface area contributed by atoms with Crippen molar-refractivity contribution in [2.24, 2.45) is 0 Å². The molecular formula is C26H26N2O4. The molecule has 0 fully saturated rings. The molecule has 1 amide bonds. The number of rotatable bonds is 8. The van der Waals surface area contributed by atoms with Crippen molar-refractivity contribution in [3.8, 4) is 0 Å². The Morgan fingerprint density at radius 2 is 1.75 bits per heavy atom. The molecule has 4 rings (SSSR count). The summed E-state index contributed by atoms with van der Waals surface area (Å²) in [7, 11) is 3.89. The van der Waals surface area contributed by atoms with Crippen molar-refractivity contribution in [1.29, 1.82) is 0 Å². The summed E-state index contributed by atoms with van der Waals surface area (Å²) in [4.78, 5) is 29.7. The average molecular weight is 431 g/mol. The second-order valence-electron chi connectivity index (χ2n) is 8.07. The molecule has 0 bridgehead atoms. The number of anilines is 1. The van der Waals surface area contributed by atoms with Gasteiger partial charge in [-0.15, -0.1) is 0 Å². The van der Waals surface area contributed by atoms with Crippen molar-refractivity contribution in [2.75, 3.05) is 19.0 Å². The first-order chi connectivity index (χ1) is 15.5. The molecule has 2 aromatic carbocycles. The third-order valence-corrected chi connectivity index (χ3v) is 5.72. The van der Waals surface area contributed by atoms with Crippen LogP contribution < -0.4 is 4.90 Å². The van der Waals surface area contributed by atoms with E-state index in [-0.39, 0.29) is 24.3 Å². The molecule has 0 aliphatic carbocycles. The normalized spacial score (nSPS) is 16.0. The van der Waals surface area contributed by atoms with Gasteiger partial charge in [0.2, 0.25) is 0 Å². The number of aliphatic hydroxyl groups excluding tert-OH is 1. The standard InChI is InChI=1S/C26H26N2O4/c1-27(2)20-13-11-19(12-14-20)24-23(22(29)15-10-18-7-4-3-5-8-18)25(30)26(31)28(24)17-21-9-6-16-32-21/h3-9,11-14,16,24,30H,10,15,17H2,1-2H3. The van der Waals surface area contributed by atoms with Crippen LogP contribution in [0.4, 0.5) is 5.69 Å². The van der Waals surface area contributed by atoms with Crippen LogP contribution in [-0.4, -0.2) is 35.8 Å². The highest BCUT2D eigenvalue weighted by molar-refractivity contribution is 6.09. The summed E-state index contributed by atoms with van der Waals surface area (Å²) in [5, 5.41) is 10.7. The molecular weight excluding hydrogens is 404 g/mol. The van der Waals surface area contributed by atoms with Gasteiger partial charge in [0, 0.05) is 26.2 Å². The van der Waals surface area contributed by atoms with Gasteiger partial charge in [-0.25, -0.2) is 0 Å². The predicted molar refractivity (Wildman–Crippen MR) is 122 cm³/mol. The van der Waals surface area contributed by atoms with Crippen LogP contribution in [0.3, 0.4) is 0 Å². The van der Waals surface area contributed by atoms with Crippen LogP contribution in [0.1, 0.15) is 29.3 Å². The SMILES string of the molecule is CN(C)c1ccc(C2C(C(=O)CCc3ccccc3)=C(O)C(=O)N2Cc2ccco2)cc1. The molecule has 1 aliphatic heterocycles. The number of carbonyl (C=O) groups is 2. The zero-order chi connectivity index (χ0) is 22.7. The molecule has 6 heteroatoms. The van der Waals surface area contributed by atoms with Crippen LogP contribution in [0.15, 0.2) is 88.7 Å². The van der Waals surface area contributed by atoms with Gasteiger partial charge in [-0.2, -0.15) is 0 Å². The number of benzene rings is 2. The number of amides is 1. The lowest BCUT2D eigenvalue weighted by molar-refractivity contribution is -0.130. The van der Waals surface area contributed by atoms with E-state index in [0.717, 1.165) is 16.8 Å². The smallest absolute Gasteiger partial charge is 0.290 e. The Hall–Kier alpha value is -3.80. The lowest BCUT2D eigenvalue weighted by Gasteiger charge is -2.26. The Balaban J connectivity index is 1.66. The Morgan fingerprint density at radius 1 is 1.03 bits per heavy atom. The Bertz CT molecular complexity index is 1120. The van der Waals surface area contributed by atoms with Crippen LogP contribution in [0.2, 0.25) is 0 Å². The zero-order valence-electron chi connectivity index (χ0n) is 18.2. The van der Waals surface area contributed by atoms with Crippen molar-refractivity contribution in [3.05, 3.63) is 101 Å². The van der Waals surface area contributed by atoms with Gasteiger partial charge < -0.3 is 19.3 Å². The Morgan fingerprint density at radius 3 is 2.38 bits per heavy atom. The number of hydrogen-bond acceptors (Lipinski definition) is 5. The van der Waals surface area contributed by atoms with Gasteiger partial charge in [0.05, 0.1) is 24.4 Å². The maximum Gasteiger partial charge on any atom is 0.290 e. The maximum absolute atomic E-state index is 13.3. The average Bonchev–Trinajstić information content (AvgIpc) is 3.40. The van der Waals surface area contributed by atoms with Crippen molar-refractivity contribution in [3.63, 3.8) is 0 Å². The first-order valence-electron chi connectivity index (χ1n) is 10.6. The number of carbonyl (C=O) groups excluding carboxylic acids is 2. The molecule has 1 N–H and O–H groups in total. The van der Waals surface area contributed by atoms with Gasteiger partial charge in [0.15, 0.2) is 11.5 Å². The van der Waals surface area contributed by atoms with Crippen LogP contribution in [0, 0.1) is 0 Å². The molecule has 0 radical (unpaired) electrons. The number of ketones is 1. The summed E-state index contributed by atoms with van der Waals surface area (Å²) in [5.41, 5.74) is 2.95. The topological polar surface area (TPSA) is 74.0 Å². The van der Waals surface area contributed by atoms with Crippen molar-refractivity contribution >= 4 is 17.4 Å². The molecule has 1 aromatic heterocycles. The molecule has 1 aliphatic rings. The van der Waals surface area contributed by atoms with E-state index in [9.17, 15) is 14.7 Å². The van der Waals surface area contributed by atoms with Crippen molar-refractivity contribution in [2.45, 2.75) is 25.4 Å². The minimum absolute atomic E-state index is 0.148. The maximum atomic E-state index is 13.3. The molecule has 32 heavy (non-hydrogen) atoms. The van der Waals surface area contributed by atoms with Gasteiger partial charge in [0.1, 0.15) is 5.76 Å². The van der Waals surface area contributed by atoms with Crippen molar-refractivity contribution in [1.82, 2.24) is 4.90 Å². The largest absolute Gasteiger partial charge is 0.503 e. The molecule has 1 unspecified atom stereocenters. The molecule has 164 valence electrons. The minimum atomic E-state index is -0.674. The van der Waals surface area contributed by atoms with E-state index in [2.05, 4.69) is 0 Å². The summed E-state index contributed by atoms with van der Waals surface area (Å²) in [6.45, 7) is 0.158. The molecule has 0 spiro atoms. The van der Waals surface area contributed by atoms with Gasteiger partial charge in [-0.05, 0) is 41.8 Å². The van der Waals surface area contributed by atoms with E-state index in [4.69, 9.17) is 4.42 Å². The third kappa shape index (κ3) is 4.30. The van der Waals surface area contributed by atoms with E-state index in [1.807, 2.05) is 73.6 Å². The van der Waals surface area contributed by atoms with Crippen LogP contribution in [-0.2, 0) is 22.6 Å². The van der Waals surface area contributed by atoms with Crippen LogP contribution in [0.25, 0.3) is 0 Å². The summed E-state index contributed by atoms with van der Waals surface area (Å²) in [5.74, 6) is -0.690. The number of furan rings is 1. The van der Waals surface area contributed by atoms with E-state index < -0.39 is 17.7 Å². The van der Waals surface area contributed by atoms with Gasteiger partial charge >= 0.3 is 0 Å². The van der Waals surface area contributed by atoms with E-state index in [0.29, 0.717) is 12.2 Å². The minimum Gasteiger partial charge on any atom is -0.503 e. The Kier molecular flexibility index (Phi) is 6.12. The monoisotopic (exact) mass is 430 g/mol. The number of aliphatic hydroxyl groups is 1. The lowest BCUT2D eigenvalue weighted by Crippen LogP contribution is -2.30. The zero-order valence-corrected chi connectivity index (χ0v) is 18.2. The highest BCUT2D eigenvalue weighted by Crippen LogP contribution is 2.39. The molecule has 1 atom stereocenters. The highest BCUT2D eigenvalue weighted by Gasteiger charge is 2.43. The molecule has 6 nitrogen and oxygen atoms in total. The highest BCUT2D eigenvalue weighted by atomic mass is 16.3. The molecule has 0 saturated heterocycles. The Labute approximate surface area is 187 Å². The second kappa shape index (κ2) is 9.14. The summed E-state index contributed by atoms with van der Waals surface area (Å²) < 4.78 is 5.43. The fourth-order valence-electron chi connectivity index (χ4n) is 4.01. The van der Waals surface area contributed by atoms with E-state index in [1.54, 1.807) is 12.1 Å². The van der Waals surface area contributed by atoms with E-state index in [1.165, 1.54) is 11.2 Å².